The Bertz CT molecular complexity index is 1010. The molecule has 4 nitrogen and oxygen atoms in total. The highest BCUT2D eigenvalue weighted by atomic mass is 19.1. The van der Waals surface area contributed by atoms with Gasteiger partial charge in [0.1, 0.15) is 30.2 Å². The molecule has 0 spiro atoms. The van der Waals surface area contributed by atoms with E-state index in [2.05, 4.69) is 0 Å². The maximum atomic E-state index is 13.3. The standard InChI is InChI=1S/C23H26FN3O/c1-17-7-12-22-25-20(13-23(28)27(22)14-17)16-26(21-5-3-2-4-6-21)15-18-8-10-19(24)11-9-18/h7-14,21H,2-6,15-16H2,1H3/p+1. The number of hydrogen-bond acceptors (Lipinski definition) is 2. The Labute approximate surface area is 164 Å². The van der Waals surface area contributed by atoms with Gasteiger partial charge in [-0.3, -0.25) is 9.20 Å². The Morgan fingerprint density at radius 3 is 2.57 bits per heavy atom. The number of aromatic nitrogens is 2. The predicted molar refractivity (Wildman–Crippen MR) is 108 cm³/mol. The fraction of sp³-hybridized carbons (Fsp3) is 0.391. The minimum absolute atomic E-state index is 0.0338. The fourth-order valence-corrected chi connectivity index (χ4v) is 4.31. The van der Waals surface area contributed by atoms with E-state index < -0.39 is 0 Å². The largest absolute Gasteiger partial charge is 0.324 e. The van der Waals surface area contributed by atoms with Crippen LogP contribution in [0.5, 0.6) is 0 Å². The van der Waals surface area contributed by atoms with Crippen LogP contribution in [0.1, 0.15) is 48.9 Å². The van der Waals surface area contributed by atoms with Gasteiger partial charge in [-0.2, -0.15) is 0 Å². The van der Waals surface area contributed by atoms with Crippen LogP contribution >= 0.6 is 0 Å². The van der Waals surface area contributed by atoms with Gasteiger partial charge in [-0.1, -0.05) is 24.6 Å². The van der Waals surface area contributed by atoms with Crippen molar-refractivity contribution < 1.29 is 9.29 Å². The summed E-state index contributed by atoms with van der Waals surface area (Å²) in [7, 11) is 0. The third-order valence-electron chi connectivity index (χ3n) is 5.80. The minimum atomic E-state index is -0.206. The van der Waals surface area contributed by atoms with Crippen LogP contribution in [0.2, 0.25) is 0 Å². The van der Waals surface area contributed by atoms with Crippen LogP contribution in [0.3, 0.4) is 0 Å². The molecule has 0 aliphatic heterocycles. The SMILES string of the molecule is Cc1ccc2nc(C[NH+](Cc3ccc(F)cc3)C3CCCCC3)cc(=O)n2c1. The van der Waals surface area contributed by atoms with Crippen molar-refractivity contribution in [2.75, 3.05) is 0 Å². The van der Waals surface area contributed by atoms with Crippen molar-refractivity contribution in [3.63, 3.8) is 0 Å². The van der Waals surface area contributed by atoms with Crippen LogP contribution in [0.15, 0.2) is 53.5 Å². The van der Waals surface area contributed by atoms with E-state index in [1.54, 1.807) is 10.5 Å². The minimum Gasteiger partial charge on any atom is -0.324 e. The molecule has 28 heavy (non-hydrogen) atoms. The number of aryl methyl sites for hydroxylation is 1. The molecule has 1 aromatic carbocycles. The number of nitrogens with zero attached hydrogens (tertiary/aromatic N) is 2. The Balaban J connectivity index is 1.62. The molecule has 1 fully saturated rings. The van der Waals surface area contributed by atoms with E-state index in [1.165, 1.54) is 49.1 Å². The van der Waals surface area contributed by atoms with Gasteiger partial charge in [0, 0.05) is 17.8 Å². The lowest BCUT2D eigenvalue weighted by atomic mass is 9.93. The third-order valence-corrected chi connectivity index (χ3v) is 5.80. The first kappa shape index (κ1) is 18.8. The van der Waals surface area contributed by atoms with Crippen molar-refractivity contribution in [2.24, 2.45) is 0 Å². The van der Waals surface area contributed by atoms with Crippen LogP contribution in [-0.4, -0.2) is 15.4 Å². The lowest BCUT2D eigenvalue weighted by Crippen LogP contribution is -3.13. The normalized spacial score (nSPS) is 16.4. The lowest BCUT2D eigenvalue weighted by molar-refractivity contribution is -0.953. The van der Waals surface area contributed by atoms with E-state index in [0.29, 0.717) is 18.2 Å². The van der Waals surface area contributed by atoms with Gasteiger partial charge in [-0.15, -0.1) is 0 Å². The van der Waals surface area contributed by atoms with Gasteiger partial charge in [0.2, 0.25) is 0 Å². The van der Waals surface area contributed by atoms with Crippen molar-refractivity contribution >= 4 is 5.65 Å². The van der Waals surface area contributed by atoms with Crippen LogP contribution in [0.25, 0.3) is 5.65 Å². The van der Waals surface area contributed by atoms with Crippen molar-refractivity contribution in [3.05, 3.63) is 81.7 Å². The van der Waals surface area contributed by atoms with Crippen molar-refractivity contribution in [1.29, 1.82) is 0 Å². The average Bonchev–Trinajstić information content (AvgIpc) is 2.70. The molecule has 1 aliphatic carbocycles. The number of quaternary nitrogens is 1. The predicted octanol–water partition coefficient (Wildman–Crippen LogP) is 3.06. The molecule has 1 atom stereocenters. The molecule has 1 unspecified atom stereocenters. The number of pyridine rings is 1. The van der Waals surface area contributed by atoms with Crippen molar-refractivity contribution in [3.8, 4) is 0 Å². The molecular weight excluding hydrogens is 353 g/mol. The molecule has 3 aromatic rings. The molecule has 1 N–H and O–H groups in total. The number of hydrogen-bond donors (Lipinski definition) is 1. The van der Waals surface area contributed by atoms with Crippen molar-refractivity contribution in [2.45, 2.75) is 58.2 Å². The maximum Gasteiger partial charge on any atom is 0.258 e. The molecule has 1 saturated carbocycles. The fourth-order valence-electron chi connectivity index (χ4n) is 4.31. The number of halogens is 1. The van der Waals surface area contributed by atoms with Crippen molar-refractivity contribution in [1.82, 2.24) is 9.38 Å². The summed E-state index contributed by atoms with van der Waals surface area (Å²) in [5.74, 6) is -0.206. The summed E-state index contributed by atoms with van der Waals surface area (Å²) in [6.07, 6.45) is 8.04. The summed E-state index contributed by atoms with van der Waals surface area (Å²) in [5, 5.41) is 0. The van der Waals surface area contributed by atoms with Gasteiger partial charge in [-0.05, 0) is 56.4 Å². The molecule has 146 valence electrons. The third kappa shape index (κ3) is 4.30. The number of rotatable bonds is 5. The van der Waals surface area contributed by atoms with Gasteiger partial charge < -0.3 is 4.90 Å². The molecule has 1 aliphatic rings. The highest BCUT2D eigenvalue weighted by Gasteiger charge is 2.25. The second-order valence-electron chi connectivity index (χ2n) is 7.99. The Hall–Kier alpha value is -2.53. The lowest BCUT2D eigenvalue weighted by Gasteiger charge is -2.31. The van der Waals surface area contributed by atoms with Gasteiger partial charge in [0.25, 0.3) is 5.56 Å². The smallest absolute Gasteiger partial charge is 0.258 e. The molecule has 0 amide bonds. The summed E-state index contributed by atoms with van der Waals surface area (Å²) >= 11 is 0. The van der Waals surface area contributed by atoms with Gasteiger partial charge in [-0.25, -0.2) is 9.37 Å². The zero-order valence-corrected chi connectivity index (χ0v) is 16.3. The van der Waals surface area contributed by atoms with Crippen LogP contribution in [-0.2, 0) is 13.1 Å². The summed E-state index contributed by atoms with van der Waals surface area (Å²) in [5.41, 5.74) is 3.65. The Morgan fingerprint density at radius 2 is 1.82 bits per heavy atom. The quantitative estimate of drug-likeness (QED) is 0.739. The van der Waals surface area contributed by atoms with E-state index >= 15 is 0 Å². The van der Waals surface area contributed by atoms with E-state index in [-0.39, 0.29) is 11.4 Å². The second kappa shape index (κ2) is 8.23. The molecular formula is C23H27FN3O+. The summed E-state index contributed by atoms with van der Waals surface area (Å²) in [4.78, 5) is 18.7. The van der Waals surface area contributed by atoms with E-state index in [9.17, 15) is 9.18 Å². The zero-order chi connectivity index (χ0) is 19.5. The topological polar surface area (TPSA) is 38.8 Å². The molecule has 5 heteroatoms. The molecule has 0 saturated heterocycles. The van der Waals surface area contributed by atoms with Gasteiger partial charge in [0.05, 0.1) is 6.04 Å². The van der Waals surface area contributed by atoms with E-state index in [1.807, 2.05) is 37.4 Å². The zero-order valence-electron chi connectivity index (χ0n) is 16.3. The molecule has 0 bridgehead atoms. The van der Waals surface area contributed by atoms with Gasteiger partial charge >= 0.3 is 0 Å². The number of fused-ring (bicyclic) bond motifs is 1. The Kier molecular flexibility index (Phi) is 5.53. The first-order valence-electron chi connectivity index (χ1n) is 10.2. The summed E-state index contributed by atoms with van der Waals surface area (Å²) in [6.45, 7) is 3.50. The summed E-state index contributed by atoms with van der Waals surface area (Å²) < 4.78 is 14.9. The Morgan fingerprint density at radius 1 is 1.07 bits per heavy atom. The van der Waals surface area contributed by atoms with Gasteiger partial charge in [0.15, 0.2) is 0 Å². The van der Waals surface area contributed by atoms with Crippen LogP contribution in [0, 0.1) is 12.7 Å². The summed E-state index contributed by atoms with van der Waals surface area (Å²) in [6, 6.07) is 12.9. The molecule has 2 aromatic heterocycles. The first-order chi connectivity index (χ1) is 13.6. The monoisotopic (exact) mass is 380 g/mol. The first-order valence-corrected chi connectivity index (χ1v) is 10.2. The second-order valence-corrected chi connectivity index (χ2v) is 7.99. The molecule has 2 heterocycles. The highest BCUT2D eigenvalue weighted by Crippen LogP contribution is 2.16. The van der Waals surface area contributed by atoms with E-state index in [0.717, 1.165) is 23.4 Å². The maximum absolute atomic E-state index is 13.3. The highest BCUT2D eigenvalue weighted by molar-refractivity contribution is 5.39. The van der Waals surface area contributed by atoms with E-state index in [4.69, 9.17) is 4.98 Å². The van der Waals surface area contributed by atoms with Crippen LogP contribution < -0.4 is 10.5 Å². The number of nitrogens with one attached hydrogen (secondary N) is 1. The molecule has 4 rings (SSSR count). The van der Waals surface area contributed by atoms with Crippen LogP contribution in [0.4, 0.5) is 4.39 Å². The average molecular weight is 380 g/mol. The molecule has 0 radical (unpaired) electrons. The number of benzene rings is 1.